The minimum absolute atomic E-state index is 0.134. The topological polar surface area (TPSA) is 66.9 Å². The molecule has 0 aliphatic carbocycles. The van der Waals surface area contributed by atoms with Gasteiger partial charge in [-0.1, -0.05) is 24.3 Å². The maximum atomic E-state index is 12.9. The van der Waals surface area contributed by atoms with Crippen LogP contribution in [-0.4, -0.2) is 51.5 Å². The lowest BCUT2D eigenvalue weighted by molar-refractivity contribution is 0.0730. The minimum atomic E-state index is -3.63. The van der Waals surface area contributed by atoms with Crippen molar-refractivity contribution in [2.45, 2.75) is 11.8 Å². The van der Waals surface area contributed by atoms with Crippen molar-refractivity contribution >= 4 is 21.6 Å². The van der Waals surface area contributed by atoms with E-state index in [0.29, 0.717) is 38.4 Å². The predicted octanol–water partition coefficient (Wildman–Crippen LogP) is 2.37. The molecule has 6 nitrogen and oxygen atoms in total. The fourth-order valence-corrected chi connectivity index (χ4v) is 4.39. The lowest BCUT2D eigenvalue weighted by Crippen LogP contribution is -2.40. The van der Waals surface area contributed by atoms with E-state index in [4.69, 9.17) is 4.74 Å². The van der Waals surface area contributed by atoms with Gasteiger partial charge in [0, 0.05) is 30.9 Å². The van der Waals surface area contributed by atoms with Crippen LogP contribution in [0.3, 0.4) is 0 Å². The van der Waals surface area contributed by atoms with Crippen LogP contribution in [-0.2, 0) is 14.8 Å². The molecule has 0 radical (unpaired) electrons. The van der Waals surface area contributed by atoms with Gasteiger partial charge in [0.2, 0.25) is 10.0 Å². The summed E-state index contributed by atoms with van der Waals surface area (Å²) in [6.45, 7) is 3.80. The van der Waals surface area contributed by atoms with Gasteiger partial charge >= 0.3 is 0 Å². The monoisotopic (exact) mass is 374 g/mol. The van der Waals surface area contributed by atoms with Gasteiger partial charge in [-0.15, -0.1) is 0 Å². The molecule has 0 N–H and O–H groups in total. The second-order valence-corrected chi connectivity index (χ2v) is 7.87. The van der Waals surface area contributed by atoms with E-state index in [2.05, 4.69) is 0 Å². The third-order valence-electron chi connectivity index (χ3n) is 4.32. The van der Waals surface area contributed by atoms with Crippen molar-refractivity contribution in [3.63, 3.8) is 0 Å². The number of carbonyl (C=O) groups is 1. The summed E-state index contributed by atoms with van der Waals surface area (Å²) in [5.74, 6) is -0.224. The maximum Gasteiger partial charge on any atom is 0.258 e. The smallest absolute Gasteiger partial charge is 0.258 e. The Morgan fingerprint density at radius 1 is 1.08 bits per heavy atom. The Bertz CT molecular complexity index is 862. The maximum absolute atomic E-state index is 12.9. The molecule has 1 heterocycles. The Morgan fingerprint density at radius 3 is 2.42 bits per heavy atom. The quantitative estimate of drug-likeness (QED) is 0.806. The summed E-state index contributed by atoms with van der Waals surface area (Å²) in [7, 11) is -3.63. The predicted molar refractivity (Wildman–Crippen MR) is 99.8 cm³/mol. The van der Waals surface area contributed by atoms with E-state index in [1.54, 1.807) is 17.0 Å². The standard InChI is InChI=1S/C19H22N2O4S/c1-2-21(17-8-4-3-5-9-17)19(22)16-7-6-10-18(15-16)26(23,24)20-11-13-25-14-12-20/h3-10,15H,2,11-14H2,1H3. The van der Waals surface area contributed by atoms with Crippen molar-refractivity contribution in [3.05, 3.63) is 60.2 Å². The van der Waals surface area contributed by atoms with E-state index >= 15 is 0 Å². The Hall–Kier alpha value is -2.22. The van der Waals surface area contributed by atoms with Crippen molar-refractivity contribution in [1.29, 1.82) is 0 Å². The van der Waals surface area contributed by atoms with Gasteiger partial charge in [-0.2, -0.15) is 4.31 Å². The van der Waals surface area contributed by atoms with Crippen LogP contribution in [0.5, 0.6) is 0 Å². The number of benzene rings is 2. The first-order valence-electron chi connectivity index (χ1n) is 8.59. The first kappa shape index (κ1) is 18.6. The fraction of sp³-hybridized carbons (Fsp3) is 0.316. The molecule has 138 valence electrons. The highest BCUT2D eigenvalue weighted by Crippen LogP contribution is 2.21. The number of ether oxygens (including phenoxy) is 1. The third kappa shape index (κ3) is 3.80. The Labute approximate surface area is 154 Å². The van der Waals surface area contributed by atoms with E-state index < -0.39 is 10.0 Å². The van der Waals surface area contributed by atoms with Crippen molar-refractivity contribution in [2.75, 3.05) is 37.7 Å². The third-order valence-corrected chi connectivity index (χ3v) is 6.21. The highest BCUT2D eigenvalue weighted by atomic mass is 32.2. The van der Waals surface area contributed by atoms with Gasteiger partial charge in [0.15, 0.2) is 0 Å². The van der Waals surface area contributed by atoms with Crippen LogP contribution >= 0.6 is 0 Å². The Kier molecular flexibility index (Phi) is 5.70. The summed E-state index contributed by atoms with van der Waals surface area (Å²) in [6.07, 6.45) is 0. The van der Waals surface area contributed by atoms with Crippen LogP contribution in [0.15, 0.2) is 59.5 Å². The van der Waals surface area contributed by atoms with Crippen molar-refractivity contribution in [2.24, 2.45) is 0 Å². The highest BCUT2D eigenvalue weighted by molar-refractivity contribution is 7.89. The summed E-state index contributed by atoms with van der Waals surface area (Å²) in [5, 5.41) is 0. The molecule has 7 heteroatoms. The van der Waals surface area contributed by atoms with E-state index in [9.17, 15) is 13.2 Å². The van der Waals surface area contributed by atoms with Gasteiger partial charge in [0.25, 0.3) is 5.91 Å². The van der Waals surface area contributed by atoms with Crippen LogP contribution < -0.4 is 4.90 Å². The van der Waals surface area contributed by atoms with Crippen LogP contribution in [0.2, 0.25) is 0 Å². The zero-order chi connectivity index (χ0) is 18.6. The number of para-hydroxylation sites is 1. The molecule has 1 aliphatic rings. The lowest BCUT2D eigenvalue weighted by Gasteiger charge is -2.26. The van der Waals surface area contributed by atoms with Crippen molar-refractivity contribution in [1.82, 2.24) is 4.31 Å². The molecule has 0 aromatic heterocycles. The van der Waals surface area contributed by atoms with Gasteiger partial charge in [-0.3, -0.25) is 4.79 Å². The summed E-state index contributed by atoms with van der Waals surface area (Å²) in [4.78, 5) is 14.7. The molecule has 0 spiro atoms. The van der Waals surface area contributed by atoms with E-state index in [-0.39, 0.29) is 10.8 Å². The molecule has 2 aromatic rings. The zero-order valence-electron chi connectivity index (χ0n) is 14.7. The normalized spacial score (nSPS) is 15.6. The number of nitrogens with zero attached hydrogens (tertiary/aromatic N) is 2. The van der Waals surface area contributed by atoms with Crippen molar-refractivity contribution < 1.29 is 17.9 Å². The summed E-state index contributed by atoms with van der Waals surface area (Å²) in [5.41, 5.74) is 1.13. The molecule has 1 aliphatic heterocycles. The molecule has 1 fully saturated rings. The number of morpholine rings is 1. The van der Waals surface area contributed by atoms with E-state index in [1.165, 1.54) is 16.4 Å². The minimum Gasteiger partial charge on any atom is -0.379 e. The molecule has 2 aromatic carbocycles. The largest absolute Gasteiger partial charge is 0.379 e. The second-order valence-electron chi connectivity index (χ2n) is 5.93. The average Bonchev–Trinajstić information content (AvgIpc) is 2.70. The number of hydrogen-bond donors (Lipinski definition) is 0. The highest BCUT2D eigenvalue weighted by Gasteiger charge is 2.27. The molecular weight excluding hydrogens is 352 g/mol. The second kappa shape index (κ2) is 7.99. The molecule has 0 unspecified atom stereocenters. The number of carbonyl (C=O) groups excluding carboxylic acids is 1. The van der Waals surface area contributed by atoms with Gasteiger partial charge < -0.3 is 9.64 Å². The van der Waals surface area contributed by atoms with Gasteiger partial charge in [-0.05, 0) is 37.3 Å². The fourth-order valence-electron chi connectivity index (χ4n) is 2.93. The SMILES string of the molecule is CCN(C(=O)c1cccc(S(=O)(=O)N2CCOCC2)c1)c1ccccc1. The number of sulfonamides is 1. The number of anilines is 1. The molecule has 3 rings (SSSR count). The molecule has 0 bridgehead atoms. The molecular formula is C19H22N2O4S. The Balaban J connectivity index is 1.90. The van der Waals surface area contributed by atoms with Gasteiger partial charge in [0.05, 0.1) is 18.1 Å². The number of rotatable bonds is 5. The lowest BCUT2D eigenvalue weighted by atomic mass is 10.2. The van der Waals surface area contributed by atoms with Crippen LogP contribution in [0.1, 0.15) is 17.3 Å². The van der Waals surface area contributed by atoms with Crippen LogP contribution in [0.4, 0.5) is 5.69 Å². The number of amides is 1. The summed E-state index contributed by atoms with van der Waals surface area (Å²) < 4.78 is 32.3. The van der Waals surface area contributed by atoms with Gasteiger partial charge in [0.1, 0.15) is 0 Å². The Morgan fingerprint density at radius 2 is 1.77 bits per heavy atom. The average molecular weight is 374 g/mol. The first-order valence-corrected chi connectivity index (χ1v) is 10.0. The molecule has 26 heavy (non-hydrogen) atoms. The molecule has 0 saturated carbocycles. The molecule has 1 saturated heterocycles. The number of hydrogen-bond acceptors (Lipinski definition) is 4. The van der Waals surface area contributed by atoms with Crippen LogP contribution in [0, 0.1) is 0 Å². The first-order chi connectivity index (χ1) is 12.5. The summed E-state index contributed by atoms with van der Waals surface area (Å²) in [6, 6.07) is 15.6. The zero-order valence-corrected chi connectivity index (χ0v) is 15.5. The van der Waals surface area contributed by atoms with Crippen LogP contribution in [0.25, 0.3) is 0 Å². The van der Waals surface area contributed by atoms with E-state index in [0.717, 1.165) is 5.69 Å². The molecule has 1 amide bonds. The van der Waals surface area contributed by atoms with Gasteiger partial charge in [-0.25, -0.2) is 8.42 Å². The van der Waals surface area contributed by atoms with Crippen molar-refractivity contribution in [3.8, 4) is 0 Å². The van der Waals surface area contributed by atoms with E-state index in [1.807, 2.05) is 37.3 Å². The summed E-state index contributed by atoms with van der Waals surface area (Å²) >= 11 is 0. The molecule has 0 atom stereocenters.